The number of fused-ring (bicyclic) bond motifs is 1. The van der Waals surface area contributed by atoms with E-state index < -0.39 is 10.1 Å². The number of benzene rings is 2. The summed E-state index contributed by atoms with van der Waals surface area (Å²) >= 11 is 0. The highest BCUT2D eigenvalue weighted by Gasteiger charge is 2.16. The van der Waals surface area contributed by atoms with Crippen LogP contribution in [0.2, 0.25) is 0 Å². The topological polar surface area (TPSA) is 79.1 Å². The summed E-state index contributed by atoms with van der Waals surface area (Å²) in [6.07, 6.45) is 0. The lowest BCUT2D eigenvalue weighted by molar-refractivity contribution is 0.484. The van der Waals surface area contributed by atoms with Crippen molar-refractivity contribution in [1.82, 2.24) is 0 Å². The Balaban J connectivity index is 2.95. The second-order valence-corrected chi connectivity index (χ2v) is 4.80. The normalized spacial score (nSPS) is 12.4. The van der Waals surface area contributed by atoms with Gasteiger partial charge in [0.2, 0.25) is 0 Å². The third-order valence-corrected chi connectivity index (χ3v) is 3.23. The van der Waals surface area contributed by atoms with Gasteiger partial charge in [-0.15, -0.1) is 0 Å². The zero-order valence-corrected chi connectivity index (χ0v) is 9.85. The molecule has 2 rings (SSSR count). The summed E-state index contributed by atoms with van der Waals surface area (Å²) in [5.74, 6) is 0. The quantitative estimate of drug-likeness (QED) is 0.657. The third-order valence-electron chi connectivity index (χ3n) is 2.33. The minimum atomic E-state index is -4.27. The molecule has 0 radical (unpaired) electrons. The fourth-order valence-electron chi connectivity index (χ4n) is 1.69. The average molecular weight is 250 g/mol. The predicted molar refractivity (Wildman–Crippen MR) is 64.2 cm³/mol. The smallest absolute Gasteiger partial charge is 0.282 e. The van der Waals surface area contributed by atoms with Gasteiger partial charge in [-0.05, 0) is 17.5 Å². The first-order chi connectivity index (χ1) is 8.04. The summed E-state index contributed by atoms with van der Waals surface area (Å²) in [5.41, 5.74) is 0.415. The van der Waals surface area contributed by atoms with E-state index >= 15 is 0 Å². The second kappa shape index (κ2) is 4.23. The summed E-state index contributed by atoms with van der Waals surface area (Å²) in [4.78, 5) is -0.155. The highest BCUT2D eigenvalue weighted by Crippen LogP contribution is 2.31. The molecule has 0 aliphatic carbocycles. The maximum absolute atomic E-state index is 11.3. The summed E-state index contributed by atoms with van der Waals surface area (Å²) in [6, 6.07) is 9.80. The summed E-state index contributed by atoms with van der Waals surface area (Å²) in [5, 5.41) is 8.55. The van der Waals surface area contributed by atoms with Crippen molar-refractivity contribution in [2.45, 2.75) is 4.90 Å². The van der Waals surface area contributed by atoms with Gasteiger partial charge in [0, 0.05) is 12.4 Å². The van der Waals surface area contributed by atoms with E-state index in [2.05, 4.69) is 10.2 Å². The SMILES string of the molecule is CN=Nc1cccc2cccc(S(=O)(=O)O)c12. The minimum absolute atomic E-state index is 0.155. The van der Waals surface area contributed by atoms with Crippen molar-refractivity contribution in [3.05, 3.63) is 36.4 Å². The molecule has 0 bridgehead atoms. The molecule has 0 unspecified atom stereocenters. The highest BCUT2D eigenvalue weighted by atomic mass is 32.2. The van der Waals surface area contributed by atoms with Gasteiger partial charge in [-0.3, -0.25) is 4.55 Å². The van der Waals surface area contributed by atoms with Gasteiger partial charge in [-0.1, -0.05) is 24.3 Å². The van der Waals surface area contributed by atoms with Gasteiger partial charge >= 0.3 is 0 Å². The average Bonchev–Trinajstić information content (AvgIpc) is 2.28. The largest absolute Gasteiger partial charge is 0.295 e. The molecule has 0 amide bonds. The van der Waals surface area contributed by atoms with Gasteiger partial charge in [0.25, 0.3) is 10.1 Å². The third kappa shape index (κ3) is 2.17. The predicted octanol–water partition coefficient (Wildman–Crippen LogP) is 2.80. The van der Waals surface area contributed by atoms with Crippen LogP contribution in [0.25, 0.3) is 10.8 Å². The van der Waals surface area contributed by atoms with Crippen LogP contribution >= 0.6 is 0 Å². The molecule has 0 heterocycles. The molecule has 0 aliphatic rings. The van der Waals surface area contributed by atoms with Gasteiger partial charge in [0.1, 0.15) is 4.90 Å². The zero-order valence-electron chi connectivity index (χ0n) is 9.03. The Morgan fingerprint density at radius 1 is 1.12 bits per heavy atom. The van der Waals surface area contributed by atoms with Gasteiger partial charge in [-0.2, -0.15) is 18.6 Å². The molecule has 1 N–H and O–H groups in total. The van der Waals surface area contributed by atoms with Crippen molar-refractivity contribution in [2.24, 2.45) is 10.2 Å². The van der Waals surface area contributed by atoms with Gasteiger partial charge < -0.3 is 0 Å². The van der Waals surface area contributed by atoms with Crippen LogP contribution in [0.5, 0.6) is 0 Å². The van der Waals surface area contributed by atoms with E-state index in [0.717, 1.165) is 0 Å². The summed E-state index contributed by atoms with van der Waals surface area (Å²) in [6.45, 7) is 0. The standard InChI is InChI=1S/C11H10N2O3S/c1-12-13-9-6-2-4-8-5-3-7-10(11(8)9)17(14,15)16/h2-7H,1H3,(H,14,15,16). The molecular formula is C11H10N2O3S. The lowest BCUT2D eigenvalue weighted by Gasteiger charge is -2.05. The maximum atomic E-state index is 11.3. The van der Waals surface area contributed by atoms with Crippen molar-refractivity contribution in [3.63, 3.8) is 0 Å². The van der Waals surface area contributed by atoms with E-state index in [1.54, 1.807) is 30.3 Å². The van der Waals surface area contributed by atoms with Crippen LogP contribution in [0, 0.1) is 0 Å². The fourth-order valence-corrected chi connectivity index (χ4v) is 2.42. The van der Waals surface area contributed by atoms with Crippen molar-refractivity contribution >= 4 is 26.6 Å². The van der Waals surface area contributed by atoms with E-state index in [0.29, 0.717) is 16.5 Å². The van der Waals surface area contributed by atoms with Crippen LogP contribution in [0.3, 0.4) is 0 Å². The molecular weight excluding hydrogens is 240 g/mol. The number of hydrogen-bond acceptors (Lipinski definition) is 4. The Morgan fingerprint density at radius 3 is 2.35 bits per heavy atom. The van der Waals surface area contributed by atoms with E-state index in [1.165, 1.54) is 13.1 Å². The van der Waals surface area contributed by atoms with Crippen LogP contribution in [0.4, 0.5) is 5.69 Å². The second-order valence-electron chi connectivity index (χ2n) is 3.41. The number of rotatable bonds is 2. The van der Waals surface area contributed by atoms with Crippen molar-refractivity contribution in [3.8, 4) is 0 Å². The summed E-state index contributed by atoms with van der Waals surface area (Å²) in [7, 11) is -2.78. The molecule has 6 heteroatoms. The molecule has 0 aromatic heterocycles. The first-order valence-electron chi connectivity index (χ1n) is 4.83. The Labute approximate surface area is 98.6 Å². The van der Waals surface area contributed by atoms with Crippen molar-refractivity contribution < 1.29 is 13.0 Å². The number of hydrogen-bond donors (Lipinski definition) is 1. The first-order valence-corrected chi connectivity index (χ1v) is 6.27. The molecule has 5 nitrogen and oxygen atoms in total. The lowest BCUT2D eigenvalue weighted by atomic mass is 10.1. The van der Waals surface area contributed by atoms with Crippen molar-refractivity contribution in [1.29, 1.82) is 0 Å². The Bertz CT molecular complexity index is 688. The van der Waals surface area contributed by atoms with Crippen LogP contribution in [-0.2, 0) is 10.1 Å². The molecule has 0 spiro atoms. The minimum Gasteiger partial charge on any atom is -0.282 e. The fraction of sp³-hybridized carbons (Fsp3) is 0.0909. The van der Waals surface area contributed by atoms with Gasteiger partial charge in [0.05, 0.1) is 5.69 Å². The molecule has 17 heavy (non-hydrogen) atoms. The van der Waals surface area contributed by atoms with Gasteiger partial charge in [0.15, 0.2) is 0 Å². The van der Waals surface area contributed by atoms with Gasteiger partial charge in [-0.25, -0.2) is 0 Å². The van der Waals surface area contributed by atoms with Crippen molar-refractivity contribution in [2.75, 3.05) is 7.05 Å². The first kappa shape index (κ1) is 11.7. The van der Waals surface area contributed by atoms with E-state index in [9.17, 15) is 13.0 Å². The van der Waals surface area contributed by atoms with Crippen LogP contribution < -0.4 is 0 Å². The van der Waals surface area contributed by atoms with Crippen LogP contribution in [0.15, 0.2) is 51.5 Å². The highest BCUT2D eigenvalue weighted by molar-refractivity contribution is 7.86. The number of nitrogens with zero attached hydrogens (tertiary/aromatic N) is 2. The van der Waals surface area contributed by atoms with E-state index in [4.69, 9.17) is 0 Å². The molecule has 0 aliphatic heterocycles. The molecule has 0 saturated heterocycles. The van der Waals surface area contributed by atoms with E-state index in [-0.39, 0.29) is 4.90 Å². The molecule has 0 saturated carbocycles. The molecule has 88 valence electrons. The van der Waals surface area contributed by atoms with Crippen LogP contribution in [-0.4, -0.2) is 20.0 Å². The zero-order chi connectivity index (χ0) is 12.5. The molecule has 2 aromatic rings. The molecule has 0 fully saturated rings. The number of azo groups is 1. The summed E-state index contributed by atoms with van der Waals surface area (Å²) < 4.78 is 31.8. The molecule has 0 atom stereocenters. The molecule has 2 aromatic carbocycles. The Morgan fingerprint density at radius 2 is 1.76 bits per heavy atom. The monoisotopic (exact) mass is 250 g/mol. The maximum Gasteiger partial charge on any atom is 0.295 e. The lowest BCUT2D eigenvalue weighted by Crippen LogP contribution is -1.98. The Hall–Kier alpha value is -1.79. The van der Waals surface area contributed by atoms with Crippen LogP contribution in [0.1, 0.15) is 0 Å². The van der Waals surface area contributed by atoms with E-state index in [1.807, 2.05) is 0 Å². The Kier molecular flexibility index (Phi) is 2.91.